The van der Waals surface area contributed by atoms with Crippen LogP contribution in [0.15, 0.2) is 59.6 Å². The summed E-state index contributed by atoms with van der Waals surface area (Å²) in [6.45, 7) is 4.27. The minimum absolute atomic E-state index is 0.0348. The third-order valence-corrected chi connectivity index (χ3v) is 9.27. The Morgan fingerprint density at radius 2 is 1.91 bits per heavy atom. The van der Waals surface area contributed by atoms with Gasteiger partial charge in [-0.1, -0.05) is 24.3 Å². The van der Waals surface area contributed by atoms with Crippen molar-refractivity contribution < 1.29 is 13.2 Å². The second-order valence-corrected chi connectivity index (χ2v) is 11.7. The van der Waals surface area contributed by atoms with E-state index in [1.807, 2.05) is 29.9 Å². The van der Waals surface area contributed by atoms with Crippen LogP contribution in [-0.2, 0) is 34.8 Å². The summed E-state index contributed by atoms with van der Waals surface area (Å²) in [4.78, 5) is 15.6. The first kappa shape index (κ1) is 24.0. The molecule has 2 aliphatic rings. The van der Waals surface area contributed by atoms with Gasteiger partial charge in [-0.05, 0) is 61.1 Å². The largest absolute Gasteiger partial charge is 0.356 e. The number of hydrogen-bond donors (Lipinski definition) is 1. The maximum Gasteiger partial charge on any atom is 0.243 e. The highest BCUT2D eigenvalue weighted by Gasteiger charge is 2.33. The maximum atomic E-state index is 13.3. The van der Waals surface area contributed by atoms with Gasteiger partial charge in [-0.25, -0.2) is 8.42 Å². The van der Waals surface area contributed by atoms with Crippen molar-refractivity contribution in [3.8, 4) is 0 Å². The first-order chi connectivity index (χ1) is 16.9. The topological polar surface area (TPSA) is 74.6 Å². The number of carbonyl (C=O) groups is 1. The van der Waals surface area contributed by atoms with E-state index in [0.717, 1.165) is 49.8 Å². The quantitative estimate of drug-likeness (QED) is 0.512. The first-order valence-corrected chi connectivity index (χ1v) is 14.0. The van der Waals surface area contributed by atoms with E-state index in [9.17, 15) is 13.2 Å². The Balaban J connectivity index is 1.12. The van der Waals surface area contributed by atoms with Crippen LogP contribution in [0.4, 0.5) is 0 Å². The molecule has 1 N–H and O–H groups in total. The average Bonchev–Trinajstić information content (AvgIpc) is 3.26. The zero-order valence-electron chi connectivity index (χ0n) is 20.3. The van der Waals surface area contributed by atoms with Gasteiger partial charge in [0.25, 0.3) is 0 Å². The molecule has 0 unspecified atom stereocenters. The van der Waals surface area contributed by atoms with E-state index in [1.54, 1.807) is 12.1 Å². The average molecular weight is 495 g/mol. The molecular formula is C27H34N4O3S. The maximum absolute atomic E-state index is 13.3. The predicted octanol–water partition coefficient (Wildman–Crippen LogP) is 3.14. The molecule has 2 aliphatic heterocycles. The molecule has 1 aromatic heterocycles. The third-order valence-electron chi connectivity index (χ3n) is 7.41. The molecular weight excluding hydrogens is 460 g/mol. The van der Waals surface area contributed by atoms with Crippen molar-refractivity contribution in [2.75, 3.05) is 32.7 Å². The van der Waals surface area contributed by atoms with Gasteiger partial charge in [0.15, 0.2) is 0 Å². The van der Waals surface area contributed by atoms with Gasteiger partial charge in [0.05, 0.1) is 10.8 Å². The lowest BCUT2D eigenvalue weighted by atomic mass is 9.98. The summed E-state index contributed by atoms with van der Waals surface area (Å²) >= 11 is 0. The highest BCUT2D eigenvalue weighted by Crippen LogP contribution is 2.26. The van der Waals surface area contributed by atoms with Gasteiger partial charge in [0.1, 0.15) is 0 Å². The van der Waals surface area contributed by atoms with E-state index in [2.05, 4.69) is 34.5 Å². The number of fused-ring (bicyclic) bond motifs is 2. The van der Waals surface area contributed by atoms with Crippen molar-refractivity contribution >= 4 is 26.8 Å². The summed E-state index contributed by atoms with van der Waals surface area (Å²) < 4.78 is 30.1. The van der Waals surface area contributed by atoms with Gasteiger partial charge in [-0.15, -0.1) is 0 Å². The highest BCUT2D eigenvalue weighted by atomic mass is 32.2. The molecule has 3 heterocycles. The van der Waals surface area contributed by atoms with E-state index in [0.29, 0.717) is 24.4 Å². The number of carbonyl (C=O) groups excluding carboxylic acids is 1. The molecule has 0 spiro atoms. The Morgan fingerprint density at radius 3 is 2.77 bits per heavy atom. The van der Waals surface area contributed by atoms with Gasteiger partial charge in [-0.2, -0.15) is 4.31 Å². The van der Waals surface area contributed by atoms with Crippen LogP contribution in [0.5, 0.6) is 0 Å². The molecule has 35 heavy (non-hydrogen) atoms. The molecule has 8 heteroatoms. The minimum Gasteiger partial charge on any atom is -0.356 e. The van der Waals surface area contributed by atoms with Crippen LogP contribution in [0.1, 0.15) is 30.4 Å². The van der Waals surface area contributed by atoms with E-state index in [4.69, 9.17) is 0 Å². The van der Waals surface area contributed by atoms with Crippen LogP contribution in [0.25, 0.3) is 10.9 Å². The second-order valence-electron chi connectivity index (χ2n) is 9.79. The number of nitrogens with one attached hydrogen (secondary N) is 1. The number of hydrogen-bond acceptors (Lipinski definition) is 4. The number of rotatable bonds is 7. The van der Waals surface area contributed by atoms with Crippen LogP contribution in [-0.4, -0.2) is 60.8 Å². The number of aromatic nitrogens is 1. The molecule has 3 aromatic rings. The lowest BCUT2D eigenvalue weighted by molar-refractivity contribution is -0.126. The molecule has 186 valence electrons. The zero-order chi connectivity index (χ0) is 24.4. The number of nitrogens with zero attached hydrogens (tertiary/aromatic N) is 3. The summed E-state index contributed by atoms with van der Waals surface area (Å²) in [6.07, 6.45) is 5.30. The summed E-state index contributed by atoms with van der Waals surface area (Å²) in [6, 6.07) is 15.8. The minimum atomic E-state index is -3.64. The fraction of sp³-hybridized carbons (Fsp3) is 0.444. The van der Waals surface area contributed by atoms with E-state index in [1.165, 1.54) is 15.4 Å². The molecule has 1 atom stereocenters. The van der Waals surface area contributed by atoms with Gasteiger partial charge in [0, 0.05) is 63.4 Å². The predicted molar refractivity (Wildman–Crippen MR) is 137 cm³/mol. The standard InChI is InChI=1S/C27H34N4O3S/c1-29-16-11-22-18-25(9-10-26(22)29)35(33,34)31-15-4-8-24(20-31)27(32)28-13-5-14-30-17-12-21-6-2-3-7-23(21)19-30/h2-3,6-7,9-11,16,18,24H,4-5,8,12-15,17,19-20H2,1H3,(H,28,32)/t24-/m1/s1. The SMILES string of the molecule is Cn1ccc2cc(S(=O)(=O)N3CCC[C@@H](C(=O)NCCCN4CCc5ccccc5C4)C3)ccc21. The van der Waals surface area contributed by atoms with E-state index >= 15 is 0 Å². The lowest BCUT2D eigenvalue weighted by Crippen LogP contribution is -2.45. The monoisotopic (exact) mass is 494 g/mol. The molecule has 1 fully saturated rings. The van der Waals surface area contributed by atoms with Crippen LogP contribution in [0.3, 0.4) is 0 Å². The Kier molecular flexibility index (Phi) is 6.95. The van der Waals surface area contributed by atoms with E-state index in [-0.39, 0.29) is 18.4 Å². The molecule has 1 amide bonds. The normalized spacial score (nSPS) is 19.5. The molecule has 0 saturated carbocycles. The van der Waals surface area contributed by atoms with Crippen molar-refractivity contribution in [1.29, 1.82) is 0 Å². The third kappa shape index (κ3) is 5.15. The first-order valence-electron chi connectivity index (χ1n) is 12.5. The van der Waals surface area contributed by atoms with Crippen molar-refractivity contribution in [3.05, 3.63) is 65.9 Å². The Hall–Kier alpha value is -2.68. The second kappa shape index (κ2) is 10.1. The summed E-state index contributed by atoms with van der Waals surface area (Å²) in [5.41, 5.74) is 3.84. The van der Waals surface area contributed by atoms with Gasteiger partial charge < -0.3 is 9.88 Å². The summed E-state index contributed by atoms with van der Waals surface area (Å²) in [5, 5.41) is 3.96. The van der Waals surface area contributed by atoms with Crippen molar-refractivity contribution in [2.45, 2.75) is 37.1 Å². The van der Waals surface area contributed by atoms with Crippen LogP contribution < -0.4 is 5.32 Å². The number of benzene rings is 2. The summed E-state index contributed by atoms with van der Waals surface area (Å²) in [7, 11) is -1.70. The highest BCUT2D eigenvalue weighted by molar-refractivity contribution is 7.89. The van der Waals surface area contributed by atoms with Crippen molar-refractivity contribution in [3.63, 3.8) is 0 Å². The number of sulfonamides is 1. The zero-order valence-corrected chi connectivity index (χ0v) is 21.1. The van der Waals surface area contributed by atoms with Crippen LogP contribution >= 0.6 is 0 Å². The molecule has 0 radical (unpaired) electrons. The Labute approximate surface area is 207 Å². The molecule has 5 rings (SSSR count). The van der Waals surface area contributed by atoms with Gasteiger partial charge in [0.2, 0.25) is 15.9 Å². The number of piperidine rings is 1. The van der Waals surface area contributed by atoms with Gasteiger partial charge in [-0.3, -0.25) is 9.69 Å². The van der Waals surface area contributed by atoms with Crippen LogP contribution in [0, 0.1) is 5.92 Å². The smallest absolute Gasteiger partial charge is 0.243 e. The lowest BCUT2D eigenvalue weighted by Gasteiger charge is -2.31. The summed E-state index contributed by atoms with van der Waals surface area (Å²) in [5.74, 6) is -0.340. The fourth-order valence-electron chi connectivity index (χ4n) is 5.35. The van der Waals surface area contributed by atoms with E-state index < -0.39 is 10.0 Å². The van der Waals surface area contributed by atoms with Crippen molar-refractivity contribution in [2.24, 2.45) is 13.0 Å². The van der Waals surface area contributed by atoms with Gasteiger partial charge >= 0.3 is 0 Å². The molecule has 2 aromatic carbocycles. The molecule has 1 saturated heterocycles. The number of aryl methyl sites for hydroxylation is 1. The fourth-order valence-corrected chi connectivity index (χ4v) is 6.91. The molecule has 0 aliphatic carbocycles. The Morgan fingerprint density at radius 1 is 1.09 bits per heavy atom. The number of amides is 1. The van der Waals surface area contributed by atoms with Crippen LogP contribution in [0.2, 0.25) is 0 Å². The molecule has 7 nitrogen and oxygen atoms in total. The molecule has 0 bridgehead atoms. The Bertz CT molecular complexity index is 1320. The van der Waals surface area contributed by atoms with Crippen molar-refractivity contribution in [1.82, 2.24) is 19.1 Å².